The lowest BCUT2D eigenvalue weighted by atomic mass is 10.0. The van der Waals surface area contributed by atoms with Gasteiger partial charge in [-0.1, -0.05) is 49.0 Å². The number of aromatic nitrogens is 2. The van der Waals surface area contributed by atoms with E-state index in [9.17, 15) is 0 Å². The molecule has 94 valence electrons. The highest BCUT2D eigenvalue weighted by molar-refractivity contribution is 7.99. The molecule has 2 atom stereocenters. The number of nitrogens with two attached hydrogens (primary N) is 1. The van der Waals surface area contributed by atoms with Crippen LogP contribution in [0.3, 0.4) is 0 Å². The molecule has 1 aromatic carbocycles. The van der Waals surface area contributed by atoms with Crippen molar-refractivity contribution in [1.29, 1.82) is 0 Å². The van der Waals surface area contributed by atoms with E-state index < -0.39 is 0 Å². The average molecular weight is 259 g/mol. The van der Waals surface area contributed by atoms with E-state index in [0.717, 1.165) is 11.4 Å². The standard InChI is InChI=1S/C14H17N3S/c1-2-12(18-13-10-16-8-9-17-13)14(15)11-6-4-3-5-7-11/h3-10,12,14H,2,15H2,1H3. The molecule has 2 rings (SSSR count). The topological polar surface area (TPSA) is 51.8 Å². The Labute approximate surface area is 112 Å². The molecule has 0 aliphatic carbocycles. The Bertz CT molecular complexity index is 461. The second kappa shape index (κ2) is 6.52. The van der Waals surface area contributed by atoms with E-state index in [4.69, 9.17) is 5.73 Å². The van der Waals surface area contributed by atoms with E-state index in [1.165, 1.54) is 5.56 Å². The van der Waals surface area contributed by atoms with Gasteiger partial charge >= 0.3 is 0 Å². The lowest BCUT2D eigenvalue weighted by Gasteiger charge is -2.21. The molecule has 18 heavy (non-hydrogen) atoms. The van der Waals surface area contributed by atoms with Gasteiger partial charge in [-0.25, -0.2) is 4.98 Å². The summed E-state index contributed by atoms with van der Waals surface area (Å²) in [6.45, 7) is 2.15. The van der Waals surface area contributed by atoms with Gasteiger partial charge in [-0.2, -0.15) is 0 Å². The molecule has 0 bridgehead atoms. The lowest BCUT2D eigenvalue weighted by molar-refractivity contribution is 0.655. The zero-order valence-corrected chi connectivity index (χ0v) is 11.2. The Morgan fingerprint density at radius 1 is 1.22 bits per heavy atom. The van der Waals surface area contributed by atoms with Crippen molar-refractivity contribution in [3.63, 3.8) is 0 Å². The van der Waals surface area contributed by atoms with Gasteiger partial charge in [-0.15, -0.1) is 0 Å². The number of benzene rings is 1. The SMILES string of the molecule is CCC(Sc1cnccn1)C(N)c1ccccc1. The fourth-order valence-corrected chi connectivity index (χ4v) is 2.83. The molecule has 0 aliphatic rings. The van der Waals surface area contributed by atoms with Crippen molar-refractivity contribution in [2.24, 2.45) is 5.73 Å². The molecule has 1 aromatic heterocycles. The Morgan fingerprint density at radius 3 is 2.61 bits per heavy atom. The smallest absolute Gasteiger partial charge is 0.115 e. The van der Waals surface area contributed by atoms with Crippen LogP contribution in [-0.4, -0.2) is 15.2 Å². The number of hydrogen-bond donors (Lipinski definition) is 1. The van der Waals surface area contributed by atoms with E-state index in [1.807, 2.05) is 18.2 Å². The molecule has 2 unspecified atom stereocenters. The van der Waals surface area contributed by atoms with E-state index in [1.54, 1.807) is 30.4 Å². The van der Waals surface area contributed by atoms with Gasteiger partial charge in [-0.3, -0.25) is 4.98 Å². The van der Waals surface area contributed by atoms with Gasteiger partial charge in [0.05, 0.1) is 6.20 Å². The minimum atomic E-state index is 0.0169. The first kappa shape index (κ1) is 13.1. The highest BCUT2D eigenvalue weighted by atomic mass is 32.2. The van der Waals surface area contributed by atoms with Gasteiger partial charge < -0.3 is 5.73 Å². The predicted octanol–water partition coefficient (Wildman–Crippen LogP) is 3.05. The van der Waals surface area contributed by atoms with Gasteiger partial charge in [0.25, 0.3) is 0 Å². The minimum Gasteiger partial charge on any atom is -0.323 e. The van der Waals surface area contributed by atoms with Gasteiger partial charge in [-0.05, 0) is 12.0 Å². The zero-order chi connectivity index (χ0) is 12.8. The first-order chi connectivity index (χ1) is 8.81. The van der Waals surface area contributed by atoms with Crippen LogP contribution in [0.15, 0.2) is 53.9 Å². The Morgan fingerprint density at radius 2 is 2.00 bits per heavy atom. The number of hydrogen-bond acceptors (Lipinski definition) is 4. The largest absolute Gasteiger partial charge is 0.323 e. The summed E-state index contributed by atoms with van der Waals surface area (Å²) in [5, 5.41) is 1.24. The maximum absolute atomic E-state index is 6.33. The first-order valence-corrected chi connectivity index (χ1v) is 6.92. The molecule has 0 radical (unpaired) electrons. The van der Waals surface area contributed by atoms with Crippen LogP contribution >= 0.6 is 11.8 Å². The van der Waals surface area contributed by atoms with Crippen LogP contribution in [0.25, 0.3) is 0 Å². The lowest BCUT2D eigenvalue weighted by Crippen LogP contribution is -2.23. The van der Waals surface area contributed by atoms with Crippen LogP contribution in [0.2, 0.25) is 0 Å². The molecule has 0 saturated heterocycles. The highest BCUT2D eigenvalue weighted by Gasteiger charge is 2.19. The van der Waals surface area contributed by atoms with Crippen molar-refractivity contribution >= 4 is 11.8 Å². The Hall–Kier alpha value is -1.39. The van der Waals surface area contributed by atoms with Crippen molar-refractivity contribution in [1.82, 2.24) is 9.97 Å². The van der Waals surface area contributed by atoms with Crippen LogP contribution < -0.4 is 5.73 Å². The van der Waals surface area contributed by atoms with E-state index in [-0.39, 0.29) is 6.04 Å². The zero-order valence-electron chi connectivity index (χ0n) is 10.4. The Balaban J connectivity index is 2.09. The third-order valence-corrected chi connectivity index (χ3v) is 4.18. The summed E-state index contributed by atoms with van der Waals surface area (Å²) < 4.78 is 0. The molecule has 2 aromatic rings. The maximum atomic E-state index is 6.33. The average Bonchev–Trinajstić information content (AvgIpc) is 2.46. The fourth-order valence-electron chi connectivity index (χ4n) is 1.80. The highest BCUT2D eigenvalue weighted by Crippen LogP contribution is 2.31. The van der Waals surface area contributed by atoms with Crippen LogP contribution in [-0.2, 0) is 0 Å². The first-order valence-electron chi connectivity index (χ1n) is 6.04. The Kier molecular flexibility index (Phi) is 4.73. The van der Waals surface area contributed by atoms with E-state index in [0.29, 0.717) is 5.25 Å². The van der Waals surface area contributed by atoms with Gasteiger partial charge in [0.15, 0.2) is 0 Å². The molecule has 0 aliphatic heterocycles. The molecule has 0 saturated carbocycles. The van der Waals surface area contributed by atoms with Crippen molar-refractivity contribution < 1.29 is 0 Å². The second-order valence-corrected chi connectivity index (χ2v) is 5.30. The quantitative estimate of drug-likeness (QED) is 0.838. The van der Waals surface area contributed by atoms with Crippen molar-refractivity contribution in [2.45, 2.75) is 29.7 Å². The number of nitrogens with zero attached hydrogens (tertiary/aromatic N) is 2. The van der Waals surface area contributed by atoms with Crippen LogP contribution in [0, 0.1) is 0 Å². The summed E-state index contributed by atoms with van der Waals surface area (Å²) in [6, 6.07) is 10.2. The molecule has 2 N–H and O–H groups in total. The third-order valence-electron chi connectivity index (χ3n) is 2.80. The van der Waals surface area contributed by atoms with Crippen LogP contribution in [0.4, 0.5) is 0 Å². The summed E-state index contributed by atoms with van der Waals surface area (Å²) in [4.78, 5) is 8.37. The molecule has 3 nitrogen and oxygen atoms in total. The second-order valence-electron chi connectivity index (χ2n) is 4.04. The number of rotatable bonds is 5. The molecule has 4 heteroatoms. The molecule has 1 heterocycles. The molecule has 0 fully saturated rings. The maximum Gasteiger partial charge on any atom is 0.115 e. The van der Waals surface area contributed by atoms with E-state index >= 15 is 0 Å². The summed E-state index contributed by atoms with van der Waals surface area (Å²) >= 11 is 1.69. The predicted molar refractivity (Wildman–Crippen MR) is 75.3 cm³/mol. The fraction of sp³-hybridized carbons (Fsp3) is 0.286. The molecular formula is C14H17N3S. The van der Waals surface area contributed by atoms with Gasteiger partial charge in [0, 0.05) is 23.7 Å². The molecule has 0 amide bonds. The normalized spacial score (nSPS) is 14.1. The van der Waals surface area contributed by atoms with Gasteiger partial charge in [0.1, 0.15) is 5.03 Å². The summed E-state index contributed by atoms with van der Waals surface area (Å²) in [5.74, 6) is 0. The van der Waals surface area contributed by atoms with Gasteiger partial charge in [0.2, 0.25) is 0 Å². The van der Waals surface area contributed by atoms with Crippen molar-refractivity contribution in [3.05, 3.63) is 54.5 Å². The van der Waals surface area contributed by atoms with Crippen LogP contribution in [0.5, 0.6) is 0 Å². The minimum absolute atomic E-state index is 0.0169. The monoisotopic (exact) mass is 259 g/mol. The number of thioether (sulfide) groups is 1. The summed E-state index contributed by atoms with van der Waals surface area (Å²) in [6.07, 6.45) is 6.17. The van der Waals surface area contributed by atoms with Crippen molar-refractivity contribution in [2.75, 3.05) is 0 Å². The summed E-state index contributed by atoms with van der Waals surface area (Å²) in [7, 11) is 0. The molecular weight excluding hydrogens is 242 g/mol. The molecule has 0 spiro atoms. The van der Waals surface area contributed by atoms with E-state index in [2.05, 4.69) is 29.0 Å². The summed E-state index contributed by atoms with van der Waals surface area (Å²) in [5.41, 5.74) is 7.50. The van der Waals surface area contributed by atoms with Crippen LogP contribution in [0.1, 0.15) is 24.9 Å². The van der Waals surface area contributed by atoms with Crippen molar-refractivity contribution in [3.8, 4) is 0 Å². The third kappa shape index (κ3) is 3.31.